The molecule has 14 heavy (non-hydrogen) atoms. The molecule has 0 saturated heterocycles. The van der Waals surface area contributed by atoms with Gasteiger partial charge < -0.3 is 10.4 Å². The van der Waals surface area contributed by atoms with Gasteiger partial charge in [0.25, 0.3) is 0 Å². The van der Waals surface area contributed by atoms with Crippen LogP contribution in [0.5, 0.6) is 0 Å². The minimum absolute atomic E-state index is 0.0355. The number of rotatable bonds is 3. The lowest BCUT2D eigenvalue weighted by atomic mass is 10.2. The lowest BCUT2D eigenvalue weighted by Crippen LogP contribution is -2.07. The highest BCUT2D eigenvalue weighted by atomic mass is 35.5. The zero-order valence-corrected chi connectivity index (χ0v) is 9.74. The average Bonchev–Trinajstić information content (AvgIpc) is 2.55. The Labute approximate surface area is 92.1 Å². The van der Waals surface area contributed by atoms with Crippen LogP contribution in [-0.4, -0.2) is 16.1 Å². The summed E-state index contributed by atoms with van der Waals surface area (Å²) < 4.78 is 0. The molecule has 1 atom stereocenters. The zero-order chi connectivity index (χ0) is 10.3. The first-order valence-electron chi connectivity index (χ1n) is 4.55. The molecule has 0 aromatic carbocycles. The minimum Gasteiger partial charge on any atom is -0.391 e. The topological polar surface area (TPSA) is 45.2 Å². The summed E-state index contributed by atoms with van der Waals surface area (Å²) in [6, 6.07) is 0.497. The molecule has 2 N–H and O–H groups in total. The fourth-order valence-corrected chi connectivity index (χ4v) is 2.43. The summed E-state index contributed by atoms with van der Waals surface area (Å²) in [7, 11) is 0. The number of thiazole rings is 1. The van der Waals surface area contributed by atoms with Crippen LogP contribution in [0.2, 0.25) is 5.15 Å². The van der Waals surface area contributed by atoms with E-state index in [1.54, 1.807) is 0 Å². The van der Waals surface area contributed by atoms with Crippen molar-refractivity contribution in [1.82, 2.24) is 4.98 Å². The van der Waals surface area contributed by atoms with Crippen molar-refractivity contribution in [2.24, 2.45) is 5.41 Å². The van der Waals surface area contributed by atoms with Crippen molar-refractivity contribution in [2.45, 2.75) is 32.9 Å². The molecular formula is C9H13ClN2OS. The van der Waals surface area contributed by atoms with Gasteiger partial charge in [-0.2, -0.15) is 0 Å². The summed E-state index contributed by atoms with van der Waals surface area (Å²) in [5, 5.41) is 13.5. The molecule has 0 aliphatic heterocycles. The van der Waals surface area contributed by atoms with E-state index in [-0.39, 0.29) is 6.61 Å². The van der Waals surface area contributed by atoms with Crippen molar-refractivity contribution in [1.29, 1.82) is 0 Å². The third-order valence-corrected chi connectivity index (χ3v) is 4.00. The second-order valence-electron chi connectivity index (χ2n) is 4.28. The van der Waals surface area contributed by atoms with Crippen LogP contribution >= 0.6 is 22.9 Å². The molecule has 1 fully saturated rings. The van der Waals surface area contributed by atoms with Gasteiger partial charge >= 0.3 is 0 Å². The van der Waals surface area contributed by atoms with Crippen LogP contribution in [0.15, 0.2) is 0 Å². The number of nitrogens with one attached hydrogen (secondary N) is 1. The van der Waals surface area contributed by atoms with Crippen molar-refractivity contribution in [3.05, 3.63) is 10.0 Å². The van der Waals surface area contributed by atoms with Crippen LogP contribution in [-0.2, 0) is 6.61 Å². The van der Waals surface area contributed by atoms with E-state index in [1.165, 1.54) is 17.8 Å². The second-order valence-corrected chi connectivity index (χ2v) is 5.72. The lowest BCUT2D eigenvalue weighted by Gasteiger charge is -2.03. The molecule has 0 amide bonds. The number of hydrogen-bond acceptors (Lipinski definition) is 4. The molecule has 1 aliphatic carbocycles. The SMILES string of the molecule is CC1(C)CC1Nc1nc(Cl)c(CO)s1. The quantitative estimate of drug-likeness (QED) is 0.842. The fraction of sp³-hybridized carbons (Fsp3) is 0.667. The summed E-state index contributed by atoms with van der Waals surface area (Å²) in [6.45, 7) is 4.39. The van der Waals surface area contributed by atoms with E-state index in [1.807, 2.05) is 0 Å². The molecular weight excluding hydrogens is 220 g/mol. The summed E-state index contributed by atoms with van der Waals surface area (Å²) in [5.41, 5.74) is 0.373. The standard InChI is InChI=1S/C9H13ClN2OS/c1-9(2)3-6(9)11-8-12-7(10)5(4-13)14-8/h6,13H,3-4H2,1-2H3,(H,11,12). The van der Waals surface area contributed by atoms with Gasteiger partial charge in [-0.3, -0.25) is 0 Å². The van der Waals surface area contributed by atoms with Gasteiger partial charge in [-0.1, -0.05) is 36.8 Å². The predicted molar refractivity (Wildman–Crippen MR) is 58.9 cm³/mol. The number of nitrogens with zero attached hydrogens (tertiary/aromatic N) is 1. The molecule has 0 bridgehead atoms. The highest BCUT2D eigenvalue weighted by Gasteiger charge is 2.46. The van der Waals surface area contributed by atoms with Crippen molar-refractivity contribution in [2.75, 3.05) is 5.32 Å². The molecule has 0 spiro atoms. The molecule has 0 radical (unpaired) electrons. The first kappa shape index (κ1) is 10.2. The third-order valence-electron chi connectivity index (χ3n) is 2.60. The van der Waals surface area contributed by atoms with E-state index in [0.717, 1.165) is 10.0 Å². The van der Waals surface area contributed by atoms with E-state index in [2.05, 4.69) is 24.1 Å². The summed E-state index contributed by atoms with van der Waals surface area (Å²) >= 11 is 7.24. The fourth-order valence-electron chi connectivity index (χ4n) is 1.36. The summed E-state index contributed by atoms with van der Waals surface area (Å²) in [5.74, 6) is 0. The van der Waals surface area contributed by atoms with Crippen molar-refractivity contribution in [3.8, 4) is 0 Å². The van der Waals surface area contributed by atoms with E-state index >= 15 is 0 Å². The van der Waals surface area contributed by atoms with E-state index in [0.29, 0.717) is 16.6 Å². The van der Waals surface area contributed by atoms with E-state index < -0.39 is 0 Å². The van der Waals surface area contributed by atoms with Gasteiger partial charge in [0.15, 0.2) is 5.13 Å². The Hall–Kier alpha value is -0.320. The van der Waals surface area contributed by atoms with Gasteiger partial charge in [0.1, 0.15) is 5.15 Å². The van der Waals surface area contributed by atoms with Gasteiger partial charge in [-0.25, -0.2) is 4.98 Å². The number of aliphatic hydroxyl groups is 1. The number of hydrogen-bond donors (Lipinski definition) is 2. The first-order valence-corrected chi connectivity index (χ1v) is 5.75. The van der Waals surface area contributed by atoms with Crippen LogP contribution in [0.3, 0.4) is 0 Å². The number of anilines is 1. The van der Waals surface area contributed by atoms with Gasteiger partial charge in [0, 0.05) is 6.04 Å². The van der Waals surface area contributed by atoms with Crippen molar-refractivity contribution in [3.63, 3.8) is 0 Å². The van der Waals surface area contributed by atoms with Gasteiger partial charge in [-0.15, -0.1) is 0 Å². The molecule has 5 heteroatoms. The highest BCUT2D eigenvalue weighted by molar-refractivity contribution is 7.16. The Morgan fingerprint density at radius 2 is 2.36 bits per heavy atom. The van der Waals surface area contributed by atoms with Crippen LogP contribution in [0.1, 0.15) is 25.1 Å². The van der Waals surface area contributed by atoms with Gasteiger partial charge in [-0.05, 0) is 11.8 Å². The average molecular weight is 233 g/mol. The lowest BCUT2D eigenvalue weighted by molar-refractivity contribution is 0.285. The van der Waals surface area contributed by atoms with Crippen LogP contribution < -0.4 is 5.32 Å². The maximum Gasteiger partial charge on any atom is 0.184 e. The van der Waals surface area contributed by atoms with E-state index in [9.17, 15) is 0 Å². The zero-order valence-electron chi connectivity index (χ0n) is 8.17. The normalized spacial score (nSPS) is 23.6. The summed E-state index contributed by atoms with van der Waals surface area (Å²) in [4.78, 5) is 4.87. The molecule has 3 nitrogen and oxygen atoms in total. The minimum atomic E-state index is -0.0355. The molecule has 1 aromatic rings. The first-order chi connectivity index (χ1) is 6.53. The van der Waals surface area contributed by atoms with Crippen LogP contribution in [0.4, 0.5) is 5.13 Å². The molecule has 2 rings (SSSR count). The molecule has 1 saturated carbocycles. The Bertz CT molecular complexity index is 351. The maximum atomic E-state index is 8.94. The van der Waals surface area contributed by atoms with Crippen LogP contribution in [0, 0.1) is 5.41 Å². The highest BCUT2D eigenvalue weighted by Crippen LogP contribution is 2.47. The number of aromatic nitrogens is 1. The predicted octanol–water partition coefficient (Wildman–Crippen LogP) is 2.50. The molecule has 78 valence electrons. The monoisotopic (exact) mass is 232 g/mol. The maximum absolute atomic E-state index is 8.94. The van der Waals surface area contributed by atoms with E-state index in [4.69, 9.17) is 16.7 Å². The number of aliphatic hydroxyl groups excluding tert-OH is 1. The van der Waals surface area contributed by atoms with Crippen LogP contribution in [0.25, 0.3) is 0 Å². The third kappa shape index (κ3) is 1.87. The molecule has 1 aliphatic rings. The summed E-state index contributed by atoms with van der Waals surface area (Å²) in [6.07, 6.45) is 1.17. The molecule has 1 heterocycles. The van der Waals surface area contributed by atoms with Crippen molar-refractivity contribution >= 4 is 28.1 Å². The smallest absolute Gasteiger partial charge is 0.184 e. The Morgan fingerprint density at radius 3 is 2.79 bits per heavy atom. The largest absolute Gasteiger partial charge is 0.391 e. The second kappa shape index (κ2) is 3.36. The molecule has 1 aromatic heterocycles. The molecule has 1 unspecified atom stereocenters. The van der Waals surface area contributed by atoms with Gasteiger partial charge in [0.05, 0.1) is 11.5 Å². The van der Waals surface area contributed by atoms with Crippen molar-refractivity contribution < 1.29 is 5.11 Å². The Morgan fingerprint density at radius 1 is 1.71 bits per heavy atom. The Kier molecular flexibility index (Phi) is 2.45. The van der Waals surface area contributed by atoms with Gasteiger partial charge in [0.2, 0.25) is 0 Å². The number of halogens is 1. The Balaban J connectivity index is 2.04.